The van der Waals surface area contributed by atoms with Crippen molar-refractivity contribution in [3.63, 3.8) is 0 Å². The fraction of sp³-hybridized carbons (Fsp3) is 1.00. The normalized spacial score (nSPS) is 25.3. The van der Waals surface area contributed by atoms with Gasteiger partial charge in [-0.2, -0.15) is 0 Å². The van der Waals surface area contributed by atoms with E-state index >= 15 is 0 Å². The van der Waals surface area contributed by atoms with Crippen LogP contribution in [-0.2, 0) is 9.92 Å². The van der Waals surface area contributed by atoms with Crippen LogP contribution in [0.1, 0.15) is 0 Å². The summed E-state index contributed by atoms with van der Waals surface area (Å²) in [7, 11) is 1.35. The summed E-state index contributed by atoms with van der Waals surface area (Å²) in [5.74, 6) is 0.603. The number of nitrogens with one attached hydrogen (secondary N) is 1. The summed E-state index contributed by atoms with van der Waals surface area (Å²) >= 11 is 0. The monoisotopic (exact) mass is 191 g/mol. The van der Waals surface area contributed by atoms with Crippen molar-refractivity contribution in [2.45, 2.75) is 0 Å². The first-order valence-electron chi connectivity index (χ1n) is 4.03. The molecule has 0 aromatic carbocycles. The minimum Gasteiger partial charge on any atom is -0.306 e. The van der Waals surface area contributed by atoms with Gasteiger partial charge < -0.3 is 4.90 Å². The summed E-state index contributed by atoms with van der Waals surface area (Å²) in [6.07, 6.45) is 1.47. The van der Waals surface area contributed by atoms with Gasteiger partial charge in [-0.15, -0.1) is 0 Å². The van der Waals surface area contributed by atoms with Crippen molar-refractivity contribution in [3.8, 4) is 0 Å². The Bertz CT molecular complexity index is 243. The Balaban J connectivity index is 2.33. The van der Waals surface area contributed by atoms with Gasteiger partial charge in [0.1, 0.15) is 9.92 Å². The van der Waals surface area contributed by atoms with Crippen LogP contribution in [0.15, 0.2) is 0 Å². The van der Waals surface area contributed by atoms with Crippen LogP contribution >= 0.6 is 0 Å². The van der Waals surface area contributed by atoms with E-state index in [-0.39, 0.29) is 0 Å². The zero-order chi connectivity index (χ0) is 9.35. The van der Waals surface area contributed by atoms with E-state index in [9.17, 15) is 4.21 Å². The van der Waals surface area contributed by atoms with Crippen LogP contribution in [0.5, 0.6) is 0 Å². The molecule has 1 saturated heterocycles. The first-order valence-corrected chi connectivity index (χ1v) is 5.95. The van der Waals surface area contributed by atoms with E-state index in [4.69, 9.17) is 4.78 Å². The summed E-state index contributed by atoms with van der Waals surface area (Å²) in [6.45, 7) is 2.92. The second-order valence-corrected chi connectivity index (χ2v) is 5.93. The van der Waals surface area contributed by atoms with Crippen molar-refractivity contribution in [3.05, 3.63) is 0 Å². The number of rotatable bonds is 3. The highest BCUT2D eigenvalue weighted by Gasteiger charge is 2.25. The second-order valence-electron chi connectivity index (χ2n) is 3.70. The first kappa shape index (κ1) is 9.95. The maximum Gasteiger partial charge on any atom is 0.104 e. The van der Waals surface area contributed by atoms with Crippen LogP contribution in [0.2, 0.25) is 0 Å². The molecule has 0 bridgehead atoms. The Morgan fingerprint density at radius 3 is 2.50 bits per heavy atom. The highest BCUT2D eigenvalue weighted by molar-refractivity contribution is 7.89. The van der Waals surface area contributed by atoms with Gasteiger partial charge in [-0.1, -0.05) is 0 Å². The summed E-state index contributed by atoms with van der Waals surface area (Å²) < 4.78 is 20.2. The lowest BCUT2D eigenvalue weighted by atomic mass is 10.0. The van der Waals surface area contributed by atoms with Gasteiger partial charge in [-0.3, -0.25) is 0 Å². The van der Waals surface area contributed by atoms with Crippen LogP contribution in [0, 0.1) is 10.7 Å². The predicted octanol–water partition coefficient (Wildman–Crippen LogP) is 0.0714. The smallest absolute Gasteiger partial charge is 0.104 e. The van der Waals surface area contributed by atoms with Crippen LogP contribution in [0.4, 0.5) is 0 Å². The highest BCUT2D eigenvalue weighted by atomic mass is 32.2. The molecule has 4 nitrogen and oxygen atoms in total. The van der Waals surface area contributed by atoms with E-state index in [1.165, 1.54) is 6.26 Å². The summed E-state index contributed by atoms with van der Waals surface area (Å²) in [6, 6.07) is 0. The van der Waals surface area contributed by atoms with Crippen LogP contribution < -0.4 is 0 Å². The van der Waals surface area contributed by atoms with Gasteiger partial charge >= 0.3 is 0 Å². The third kappa shape index (κ3) is 2.43. The topological polar surface area (TPSA) is 47.4 Å². The number of hydrogen-bond acceptors (Lipinski definition) is 3. The van der Waals surface area contributed by atoms with Crippen LogP contribution in [0.3, 0.4) is 0 Å². The van der Waals surface area contributed by atoms with E-state index in [2.05, 4.69) is 11.9 Å². The van der Waals surface area contributed by atoms with Crippen molar-refractivity contribution >= 4 is 9.92 Å². The van der Waals surface area contributed by atoms with Gasteiger partial charge in [-0.25, -0.2) is 13.3 Å². The van der Waals surface area contributed by atoms with Crippen molar-refractivity contribution in [2.24, 2.45) is 5.92 Å². The average Bonchev–Trinajstić information content (AvgIpc) is 1.82. The molecule has 0 saturated carbocycles. The van der Waals surface area contributed by atoms with E-state index in [0.29, 0.717) is 5.92 Å². The maximum absolute atomic E-state index is 11.2. The molecule has 0 aromatic heterocycles. The Morgan fingerprint density at radius 1 is 1.67 bits per heavy atom. The molecule has 12 heavy (non-hydrogen) atoms. The van der Waals surface area contributed by atoms with Crippen LogP contribution in [0.25, 0.3) is 0 Å². The molecule has 1 aliphatic rings. The lowest BCUT2D eigenvalue weighted by Crippen LogP contribution is -2.49. The molecule has 0 aromatic rings. The lowest BCUT2D eigenvalue weighted by Gasteiger charge is -2.38. The molecule has 1 fully saturated rings. The van der Waals surface area contributed by atoms with E-state index in [0.717, 1.165) is 19.6 Å². The third-order valence-corrected chi connectivity index (χ3v) is 3.59. The fourth-order valence-electron chi connectivity index (χ4n) is 1.45. The molecule has 1 rings (SSSR count). The van der Waals surface area contributed by atoms with E-state index in [1.54, 1.807) is 11.4 Å². The Hall–Kier alpha value is -0.130. The Kier molecular flexibility index (Phi) is 2.75. The van der Waals surface area contributed by atoms with Gasteiger partial charge in [0, 0.05) is 32.9 Å². The van der Waals surface area contributed by atoms with Gasteiger partial charge in [0.2, 0.25) is 0 Å². The molecule has 1 heterocycles. The average molecular weight is 191 g/mol. The number of hydrogen-bond donors (Lipinski definition) is 1. The molecule has 0 amide bonds. The Labute approximate surface area is 74.6 Å². The molecule has 1 N–H and O–H groups in total. The highest BCUT2D eigenvalue weighted by Crippen LogP contribution is 2.14. The first-order chi connectivity index (χ1) is 5.39. The molecule has 1 atom stereocenters. The van der Waals surface area contributed by atoms with Crippen molar-refractivity contribution in [1.29, 1.82) is 4.78 Å². The quantitative estimate of drug-likeness (QED) is 0.686. The molecule has 0 aliphatic carbocycles. The second kappa shape index (κ2) is 3.32. The minimum atomic E-state index is -2.48. The molecule has 5 heteroatoms. The van der Waals surface area contributed by atoms with Crippen molar-refractivity contribution in [2.75, 3.05) is 40.0 Å². The summed E-state index contributed by atoms with van der Waals surface area (Å²) in [4.78, 5) is 2.22. The standard InChI is InChI=1S/C7H17N3OS/c1-9-4-7(5-9)6-10(2)12(3,8)11/h7-8H,4-6H2,1-3H3. The third-order valence-electron chi connectivity index (χ3n) is 2.25. The fourth-order valence-corrected chi connectivity index (χ4v) is 1.94. The minimum absolute atomic E-state index is 0.603. The van der Waals surface area contributed by atoms with E-state index < -0.39 is 9.92 Å². The zero-order valence-corrected chi connectivity index (χ0v) is 8.73. The molecule has 1 aliphatic heterocycles. The van der Waals surface area contributed by atoms with Crippen LogP contribution in [-0.4, -0.2) is 53.4 Å². The van der Waals surface area contributed by atoms with Gasteiger partial charge in [0.25, 0.3) is 0 Å². The molecular weight excluding hydrogens is 174 g/mol. The molecular formula is C7H17N3OS. The zero-order valence-electron chi connectivity index (χ0n) is 7.91. The van der Waals surface area contributed by atoms with Gasteiger partial charge in [0.15, 0.2) is 0 Å². The number of likely N-dealkylation sites (tertiary alicyclic amines) is 1. The van der Waals surface area contributed by atoms with Crippen molar-refractivity contribution in [1.82, 2.24) is 9.21 Å². The largest absolute Gasteiger partial charge is 0.306 e. The number of nitrogens with zero attached hydrogens (tertiary/aromatic N) is 2. The van der Waals surface area contributed by atoms with E-state index in [1.807, 2.05) is 0 Å². The lowest BCUT2D eigenvalue weighted by molar-refractivity contribution is 0.120. The molecule has 72 valence electrons. The summed E-state index contributed by atoms with van der Waals surface area (Å²) in [5.41, 5.74) is 0. The van der Waals surface area contributed by atoms with Crippen molar-refractivity contribution < 1.29 is 4.21 Å². The maximum atomic E-state index is 11.2. The van der Waals surface area contributed by atoms with Gasteiger partial charge in [-0.05, 0) is 13.0 Å². The summed E-state index contributed by atoms with van der Waals surface area (Å²) in [5, 5.41) is 0. The SMILES string of the molecule is CN1CC(CN(C)S(C)(=N)=O)C1. The molecule has 0 radical (unpaired) electrons. The molecule has 0 spiro atoms. The molecule has 1 unspecified atom stereocenters. The van der Waals surface area contributed by atoms with Gasteiger partial charge in [0.05, 0.1) is 0 Å². The Morgan fingerprint density at radius 2 is 2.17 bits per heavy atom. The predicted molar refractivity (Wildman–Crippen MR) is 50.4 cm³/mol.